The number of hydrogen-bond acceptors (Lipinski definition) is 6. The molecule has 0 amide bonds. The van der Waals surface area contributed by atoms with Crippen molar-refractivity contribution in [2.24, 2.45) is 17.8 Å². The van der Waals surface area contributed by atoms with Crippen molar-refractivity contribution in [2.45, 2.75) is 311 Å². The largest absolute Gasteiger partial charge is 3.00 e. The standard InChI is InChI=1S/3C18H36O2.Yb/c3*1-17(2)15-13-11-9-7-5-3-4-6-8-10-12-14-16-18(19)20;/h3*17H,3-16H2,1-2H3,(H,19,20);/q;;;+3/p-3. The molecule has 0 fully saturated rings. The molecule has 0 saturated heterocycles. The molecule has 0 bridgehead atoms. The van der Waals surface area contributed by atoms with E-state index in [0.717, 1.165) is 56.3 Å². The van der Waals surface area contributed by atoms with E-state index in [9.17, 15) is 29.7 Å². The molecule has 0 saturated carbocycles. The van der Waals surface area contributed by atoms with Crippen LogP contribution in [0.15, 0.2) is 0 Å². The van der Waals surface area contributed by atoms with Crippen LogP contribution in [0.5, 0.6) is 0 Å². The molecule has 1 radical (unpaired) electrons. The second-order valence-corrected chi connectivity index (χ2v) is 19.6. The van der Waals surface area contributed by atoms with Crippen molar-refractivity contribution in [3.63, 3.8) is 0 Å². The molecule has 371 valence electrons. The summed E-state index contributed by atoms with van der Waals surface area (Å²) in [6.45, 7) is 13.8. The summed E-state index contributed by atoms with van der Waals surface area (Å²) in [7, 11) is 0. The number of hydrogen-bond donors (Lipinski definition) is 0. The number of aliphatic carboxylic acids is 3. The third-order valence-electron chi connectivity index (χ3n) is 11.7. The molecule has 61 heavy (non-hydrogen) atoms. The average molecular weight is 1020 g/mol. The van der Waals surface area contributed by atoms with E-state index < -0.39 is 17.9 Å². The maximum absolute atomic E-state index is 10.2. The predicted molar refractivity (Wildman–Crippen MR) is 253 cm³/mol. The zero-order valence-corrected chi connectivity index (χ0v) is 43.4. The van der Waals surface area contributed by atoms with Gasteiger partial charge in [0.25, 0.3) is 0 Å². The van der Waals surface area contributed by atoms with Crippen molar-refractivity contribution in [3.05, 3.63) is 0 Å². The van der Waals surface area contributed by atoms with E-state index in [-0.39, 0.29) is 66.2 Å². The first-order chi connectivity index (χ1) is 28.9. The number of carboxylic acids is 3. The van der Waals surface area contributed by atoms with Crippen molar-refractivity contribution >= 4 is 17.9 Å². The Morgan fingerprint density at radius 2 is 0.361 bits per heavy atom. The number of rotatable bonds is 45. The zero-order chi connectivity index (χ0) is 45.2. The summed E-state index contributed by atoms with van der Waals surface area (Å²) in [5.74, 6) is -0.125. The first kappa shape index (κ1) is 67.5. The molecule has 0 aromatic rings. The summed E-state index contributed by atoms with van der Waals surface area (Å²) in [5.41, 5.74) is 0. The Labute approximate surface area is 420 Å². The fraction of sp³-hybridized carbons (Fsp3) is 0.944. The van der Waals surface area contributed by atoms with E-state index in [1.54, 1.807) is 0 Å². The van der Waals surface area contributed by atoms with Gasteiger partial charge in [-0.3, -0.25) is 0 Å². The summed E-state index contributed by atoms with van der Waals surface area (Å²) in [5, 5.41) is 30.7. The fourth-order valence-corrected chi connectivity index (χ4v) is 7.77. The molecule has 0 aromatic heterocycles. The van der Waals surface area contributed by atoms with Crippen LogP contribution in [0.4, 0.5) is 0 Å². The summed E-state index contributed by atoms with van der Waals surface area (Å²) in [6, 6.07) is 0. The molecule has 0 unspecified atom stereocenters. The van der Waals surface area contributed by atoms with Gasteiger partial charge in [0.2, 0.25) is 0 Å². The molecular weight excluding hydrogens is 918 g/mol. The van der Waals surface area contributed by atoms with Crippen LogP contribution < -0.4 is 15.3 Å². The van der Waals surface area contributed by atoms with Crippen LogP contribution in [-0.4, -0.2) is 17.9 Å². The summed E-state index contributed by atoms with van der Waals surface area (Å²) in [6.07, 6.45) is 51.0. The molecule has 0 N–H and O–H groups in total. The van der Waals surface area contributed by atoms with Crippen LogP contribution in [0.25, 0.3) is 0 Å². The normalized spacial score (nSPS) is 11.0. The summed E-state index contributed by atoms with van der Waals surface area (Å²) >= 11 is 0. The first-order valence-electron chi connectivity index (χ1n) is 26.5. The van der Waals surface area contributed by atoms with Gasteiger partial charge in [0.15, 0.2) is 0 Å². The minimum atomic E-state index is -0.904. The zero-order valence-electron chi connectivity index (χ0n) is 41.6. The molecular formula is C54H105O6Yb. The summed E-state index contributed by atoms with van der Waals surface area (Å²) < 4.78 is 0. The van der Waals surface area contributed by atoms with Gasteiger partial charge < -0.3 is 29.7 Å². The van der Waals surface area contributed by atoms with Crippen LogP contribution in [0.1, 0.15) is 311 Å². The maximum atomic E-state index is 10.2. The Balaban J connectivity index is -0.000000396. The number of carbonyl (C=O) groups is 3. The fourth-order valence-electron chi connectivity index (χ4n) is 7.77. The smallest absolute Gasteiger partial charge is 0.550 e. The number of carboxylic acid groups (broad SMARTS) is 3. The Kier molecular flexibility index (Phi) is 64.1. The molecule has 0 atom stereocenters. The van der Waals surface area contributed by atoms with Crippen LogP contribution >= 0.6 is 0 Å². The van der Waals surface area contributed by atoms with Crippen LogP contribution in [0.3, 0.4) is 0 Å². The van der Waals surface area contributed by atoms with Gasteiger partial charge in [0.05, 0.1) is 0 Å². The van der Waals surface area contributed by atoms with Gasteiger partial charge in [-0.1, -0.05) is 273 Å². The molecule has 6 nitrogen and oxygen atoms in total. The second-order valence-electron chi connectivity index (χ2n) is 19.6. The van der Waals surface area contributed by atoms with Gasteiger partial charge >= 0.3 is 46.9 Å². The van der Waals surface area contributed by atoms with Gasteiger partial charge in [-0.25, -0.2) is 0 Å². The minimum absolute atomic E-state index is 0. The average Bonchev–Trinajstić information content (AvgIpc) is 3.18. The molecule has 0 aliphatic carbocycles. The second kappa shape index (κ2) is 57.9. The monoisotopic (exact) mass is 1020 g/mol. The number of carbonyl (C=O) groups excluding carboxylic acids is 3. The first-order valence-corrected chi connectivity index (χ1v) is 26.5. The van der Waals surface area contributed by atoms with Crippen LogP contribution in [-0.2, 0) is 14.4 Å². The molecule has 0 rings (SSSR count). The van der Waals surface area contributed by atoms with Gasteiger partial charge in [0.1, 0.15) is 0 Å². The van der Waals surface area contributed by atoms with Gasteiger partial charge in [-0.2, -0.15) is 0 Å². The molecule has 0 aliphatic rings. The molecule has 0 heterocycles. The Morgan fingerprint density at radius 3 is 0.475 bits per heavy atom. The quantitative estimate of drug-likeness (QED) is 0.0560. The molecule has 0 spiro atoms. The Morgan fingerprint density at radius 1 is 0.246 bits per heavy atom. The molecule has 0 aliphatic heterocycles. The van der Waals surface area contributed by atoms with E-state index in [1.165, 1.54) is 212 Å². The SMILES string of the molecule is CC(C)CCCCCCCCCCCCCCC(=O)[O-].CC(C)CCCCCCCCCCCCCCC(=O)[O-].CC(C)CCCCCCCCCCCCCCC(=O)[O-].[Yb+3]. The van der Waals surface area contributed by atoms with Crippen LogP contribution in [0, 0.1) is 64.7 Å². The molecule has 7 heteroatoms. The van der Waals surface area contributed by atoms with Gasteiger partial charge in [-0.15, -0.1) is 0 Å². The van der Waals surface area contributed by atoms with E-state index >= 15 is 0 Å². The number of unbranched alkanes of at least 4 members (excludes halogenated alkanes) is 33. The van der Waals surface area contributed by atoms with E-state index in [4.69, 9.17) is 0 Å². The molecule has 0 aromatic carbocycles. The van der Waals surface area contributed by atoms with Crippen molar-refractivity contribution < 1.29 is 76.6 Å². The van der Waals surface area contributed by atoms with E-state index in [0.29, 0.717) is 0 Å². The van der Waals surface area contributed by atoms with E-state index in [2.05, 4.69) is 41.5 Å². The van der Waals surface area contributed by atoms with Gasteiger partial charge in [-0.05, 0) is 56.3 Å². The predicted octanol–water partition coefficient (Wildman–Crippen LogP) is 14.6. The minimum Gasteiger partial charge on any atom is -0.550 e. The third-order valence-corrected chi connectivity index (χ3v) is 11.7. The summed E-state index contributed by atoms with van der Waals surface area (Å²) in [4.78, 5) is 30.7. The maximum Gasteiger partial charge on any atom is 3.00 e. The Hall–Kier alpha value is -0.0705. The Bertz CT molecular complexity index is 751. The van der Waals surface area contributed by atoms with Crippen molar-refractivity contribution in [1.29, 1.82) is 0 Å². The topological polar surface area (TPSA) is 120 Å². The third kappa shape index (κ3) is 77.5. The van der Waals surface area contributed by atoms with Crippen molar-refractivity contribution in [2.75, 3.05) is 0 Å². The van der Waals surface area contributed by atoms with Crippen LogP contribution in [0.2, 0.25) is 0 Å². The van der Waals surface area contributed by atoms with Crippen molar-refractivity contribution in [1.82, 2.24) is 0 Å². The van der Waals surface area contributed by atoms with Gasteiger partial charge in [0, 0.05) is 17.9 Å². The van der Waals surface area contributed by atoms with E-state index in [1.807, 2.05) is 0 Å². The van der Waals surface area contributed by atoms with Crippen molar-refractivity contribution in [3.8, 4) is 0 Å².